The molecular weight excluding hydrogens is 670 g/mol. The largest absolute Gasteiger partial charge is 0.744 e. The third-order valence-electron chi connectivity index (χ3n) is 9.50. The number of carbonyl (C=O) groups is 2. The zero-order valence-corrected chi connectivity index (χ0v) is 28.1. The Hall–Kier alpha value is -3.16. The average molecular weight is 708 g/mol. The smallest absolute Gasteiger partial charge is 0.317 e. The number of hydrogen-bond donors (Lipinski definition) is 1. The van der Waals surface area contributed by atoms with Gasteiger partial charge in [-0.15, -0.1) is 0 Å². The van der Waals surface area contributed by atoms with Crippen LogP contribution in [0.5, 0.6) is 0 Å². The fraction of sp³-hybridized carbons (Fsp3) is 0.455. The summed E-state index contributed by atoms with van der Waals surface area (Å²) in [6.45, 7) is 2.78. The maximum absolute atomic E-state index is 14.2. The summed E-state index contributed by atoms with van der Waals surface area (Å²) < 4.78 is 52.6. The first kappa shape index (κ1) is 35.2. The minimum absolute atomic E-state index is 0.101. The van der Waals surface area contributed by atoms with Crippen molar-refractivity contribution < 1.29 is 36.2 Å². The summed E-state index contributed by atoms with van der Waals surface area (Å²) in [5.41, 5.74) is -0.0587. The summed E-state index contributed by atoms with van der Waals surface area (Å²) in [6, 6.07) is 10.2. The molecule has 2 bridgehead atoms. The van der Waals surface area contributed by atoms with Crippen LogP contribution in [-0.2, 0) is 29.9 Å². The molecule has 3 saturated heterocycles. The number of nitrogens with zero attached hydrogens (tertiary/aromatic N) is 3. The van der Waals surface area contributed by atoms with Gasteiger partial charge in [-0.25, -0.2) is 17.8 Å². The van der Waals surface area contributed by atoms with Gasteiger partial charge in [-0.3, -0.25) is 14.6 Å². The van der Waals surface area contributed by atoms with Crippen LogP contribution < -0.4 is 5.32 Å². The Morgan fingerprint density at radius 2 is 1.77 bits per heavy atom. The molecule has 0 unspecified atom stereocenters. The van der Waals surface area contributed by atoms with Crippen molar-refractivity contribution in [2.24, 2.45) is 5.92 Å². The van der Waals surface area contributed by atoms with Crippen molar-refractivity contribution in [2.75, 3.05) is 31.5 Å². The molecule has 4 heterocycles. The number of nitrogens with one attached hydrogen (secondary N) is 1. The zero-order valence-electron chi connectivity index (χ0n) is 25.7. The van der Waals surface area contributed by atoms with E-state index in [1.807, 2.05) is 6.07 Å². The first-order chi connectivity index (χ1) is 22.4. The van der Waals surface area contributed by atoms with Crippen molar-refractivity contribution in [3.63, 3.8) is 0 Å². The minimum Gasteiger partial charge on any atom is -0.744 e. The first-order valence-electron chi connectivity index (χ1n) is 15.7. The van der Waals surface area contributed by atoms with E-state index in [0.717, 1.165) is 63.2 Å². The molecule has 4 aliphatic rings. The van der Waals surface area contributed by atoms with Crippen LogP contribution >= 0.6 is 23.2 Å². The molecule has 7 rings (SSSR count). The number of halogens is 3. The van der Waals surface area contributed by atoms with Crippen LogP contribution in [0, 0.1) is 11.7 Å². The van der Waals surface area contributed by atoms with Crippen molar-refractivity contribution in [3.05, 3.63) is 82.5 Å². The maximum atomic E-state index is 14.2. The summed E-state index contributed by atoms with van der Waals surface area (Å²) in [6.07, 6.45) is 11.7. The van der Waals surface area contributed by atoms with Gasteiger partial charge in [-0.2, -0.15) is 0 Å². The molecule has 3 aliphatic heterocycles. The quantitative estimate of drug-likeness (QED) is 0.139. The fourth-order valence-corrected chi connectivity index (χ4v) is 8.29. The van der Waals surface area contributed by atoms with E-state index in [0.29, 0.717) is 42.1 Å². The van der Waals surface area contributed by atoms with Crippen LogP contribution in [0.15, 0.2) is 66.0 Å². The van der Waals surface area contributed by atoms with Gasteiger partial charge in [0.05, 0.1) is 34.6 Å². The van der Waals surface area contributed by atoms with Crippen molar-refractivity contribution in [3.8, 4) is 0 Å². The molecule has 1 amide bonds. The Morgan fingerprint density at radius 3 is 2.38 bits per heavy atom. The highest BCUT2D eigenvalue weighted by atomic mass is 35.5. The Labute approximate surface area is 284 Å². The average Bonchev–Trinajstić information content (AvgIpc) is 3.30. The lowest BCUT2D eigenvalue weighted by Gasteiger charge is -2.52. The molecule has 0 spiro atoms. The van der Waals surface area contributed by atoms with Gasteiger partial charge in [0.1, 0.15) is 22.5 Å². The molecule has 4 fully saturated rings. The Bertz CT molecular complexity index is 1680. The predicted molar refractivity (Wildman–Crippen MR) is 173 cm³/mol. The van der Waals surface area contributed by atoms with Crippen LogP contribution in [0.4, 0.5) is 10.2 Å². The van der Waals surface area contributed by atoms with Crippen molar-refractivity contribution in [1.29, 1.82) is 0 Å². The number of aromatic nitrogens is 2. The summed E-state index contributed by atoms with van der Waals surface area (Å²) >= 11 is 10.9. The molecule has 1 N–H and O–H groups in total. The number of benzene rings is 2. The van der Waals surface area contributed by atoms with Gasteiger partial charge in [-0.1, -0.05) is 61.0 Å². The number of carbonyl (C=O) groups excluding carboxylic acids is 2. The Kier molecular flexibility index (Phi) is 11.2. The van der Waals surface area contributed by atoms with E-state index in [9.17, 15) is 27.0 Å². The van der Waals surface area contributed by atoms with Gasteiger partial charge in [0.15, 0.2) is 18.5 Å². The lowest BCUT2D eigenvalue weighted by Crippen LogP contribution is -2.66. The van der Waals surface area contributed by atoms with Gasteiger partial charge in [0.2, 0.25) is 0 Å². The molecule has 3 aromatic rings. The van der Waals surface area contributed by atoms with Gasteiger partial charge in [-0.05, 0) is 48.7 Å². The number of fused-ring (bicyclic) bond motifs is 3. The minimum atomic E-state index is -4.52. The maximum Gasteiger partial charge on any atom is 0.317 e. The highest BCUT2D eigenvalue weighted by Gasteiger charge is 2.51. The van der Waals surface area contributed by atoms with E-state index in [2.05, 4.69) is 15.3 Å². The normalized spacial score (nSPS) is 23.5. The van der Waals surface area contributed by atoms with Crippen molar-refractivity contribution >= 4 is 51.0 Å². The second kappa shape index (κ2) is 14.9. The molecule has 1 aromatic heterocycles. The van der Waals surface area contributed by atoms with Gasteiger partial charge in [0.25, 0.3) is 5.91 Å². The second-order valence-electron chi connectivity index (χ2n) is 12.6. The monoisotopic (exact) mass is 706 g/mol. The van der Waals surface area contributed by atoms with Crippen LogP contribution in [-0.4, -0.2) is 71.6 Å². The number of rotatable bonds is 7. The lowest BCUT2D eigenvalue weighted by atomic mass is 9.74. The molecule has 2 aromatic carbocycles. The SMILES string of the molecule is O=C(C[N+]12CCC(CC1)[C@@H](OC(=O)C1(c3cccc(F)c3)CCCCCC1)C2)Nc1cnccn1.O=S(=O)([O-])c1cc(Cl)ccc1Cl. The fourth-order valence-electron chi connectivity index (χ4n) is 7.08. The van der Waals surface area contributed by atoms with Gasteiger partial charge >= 0.3 is 5.97 Å². The van der Waals surface area contributed by atoms with Crippen LogP contribution in [0.3, 0.4) is 0 Å². The number of quaternary nitrogens is 1. The zero-order chi connectivity index (χ0) is 33.7. The highest BCUT2D eigenvalue weighted by Crippen LogP contribution is 2.42. The van der Waals surface area contributed by atoms with E-state index >= 15 is 0 Å². The van der Waals surface area contributed by atoms with Gasteiger partial charge < -0.3 is 19.1 Å². The molecule has 1 saturated carbocycles. The molecule has 14 heteroatoms. The van der Waals surface area contributed by atoms with E-state index in [1.165, 1.54) is 30.5 Å². The summed E-state index contributed by atoms with van der Waals surface area (Å²) in [4.78, 5) is 34.3. The standard InChI is InChI=1S/C27H33FN4O3.C6H4Cl2O3S/c28-22-7-5-6-21(16-22)27(10-3-1-2-4-11-27)26(34)35-23-18-32(14-8-20(23)9-15-32)19-25(33)31-24-17-29-12-13-30-24;7-4-1-2-5(8)6(3-4)12(9,10)11/h5-7,12-13,16-17,20,23H,1-4,8-11,14-15,18-19H2;1-3H,(H,9,10,11)/t20?,23-,32?;/m0./s1. The second-order valence-corrected chi connectivity index (χ2v) is 14.8. The van der Waals surface area contributed by atoms with E-state index < -0.39 is 20.4 Å². The predicted octanol–water partition coefficient (Wildman–Crippen LogP) is 5.90. The summed E-state index contributed by atoms with van der Waals surface area (Å²) in [5.74, 6) is 0.121. The van der Waals surface area contributed by atoms with E-state index in [1.54, 1.807) is 18.5 Å². The summed E-state index contributed by atoms with van der Waals surface area (Å²) in [5, 5.41) is 2.89. The number of piperidine rings is 3. The van der Waals surface area contributed by atoms with E-state index in [4.69, 9.17) is 27.9 Å². The number of anilines is 1. The van der Waals surface area contributed by atoms with Gasteiger partial charge in [0, 0.05) is 36.2 Å². The Morgan fingerprint density at radius 1 is 1.04 bits per heavy atom. The molecule has 47 heavy (non-hydrogen) atoms. The van der Waals surface area contributed by atoms with Crippen molar-refractivity contribution in [2.45, 2.75) is 67.8 Å². The topological polar surface area (TPSA) is 138 Å². The number of hydrogen-bond acceptors (Lipinski definition) is 8. The number of esters is 1. The Balaban J connectivity index is 0.000000305. The lowest BCUT2D eigenvalue weighted by molar-refractivity contribution is -0.939. The van der Waals surface area contributed by atoms with E-state index in [-0.39, 0.29) is 33.8 Å². The highest BCUT2D eigenvalue weighted by molar-refractivity contribution is 7.85. The summed E-state index contributed by atoms with van der Waals surface area (Å²) in [7, 11) is -4.52. The van der Waals surface area contributed by atoms with Crippen LogP contribution in [0.25, 0.3) is 0 Å². The third kappa shape index (κ3) is 8.66. The number of ether oxygens (including phenoxy) is 1. The molecular formula is C33H37Cl2FN4O6S. The number of amides is 1. The molecule has 1 atom stereocenters. The third-order valence-corrected chi connectivity index (χ3v) is 11.1. The first-order valence-corrected chi connectivity index (χ1v) is 17.8. The molecule has 0 radical (unpaired) electrons. The molecule has 10 nitrogen and oxygen atoms in total. The van der Waals surface area contributed by atoms with Crippen LogP contribution in [0.2, 0.25) is 10.0 Å². The van der Waals surface area contributed by atoms with Crippen molar-refractivity contribution in [1.82, 2.24) is 9.97 Å². The van der Waals surface area contributed by atoms with Crippen LogP contribution in [0.1, 0.15) is 56.9 Å². The molecule has 1 aliphatic carbocycles. The molecule has 252 valence electrons.